The molecular formula is C15H17ClN2O2S. The minimum absolute atomic E-state index is 0.0154. The Balaban J connectivity index is 2.24. The monoisotopic (exact) mass is 324 g/mol. The number of nitrogen functional groups attached to an aromatic ring is 1. The second kappa shape index (κ2) is 6.83. The molecule has 0 radical (unpaired) electrons. The number of methoxy groups -OCH3 is 1. The molecule has 0 fully saturated rings. The van der Waals surface area contributed by atoms with Crippen molar-refractivity contribution in [3.05, 3.63) is 39.7 Å². The minimum Gasteiger partial charge on any atom is -0.492 e. The molecule has 0 saturated heterocycles. The van der Waals surface area contributed by atoms with Crippen LogP contribution in [0.2, 0.25) is 5.02 Å². The first kappa shape index (κ1) is 15.7. The van der Waals surface area contributed by atoms with Crippen molar-refractivity contribution in [3.63, 3.8) is 0 Å². The van der Waals surface area contributed by atoms with E-state index in [4.69, 9.17) is 22.1 Å². The highest BCUT2D eigenvalue weighted by Gasteiger charge is 2.20. The fourth-order valence-corrected chi connectivity index (χ4v) is 3.23. The standard InChI is InChI=1S/C15H17ClN2O2S/c1-3-11(19)14-12(17)13(20-2)15(21-14)18-8-9-6-4-5-7-10(9)16/h4-7,18H,3,8,17H2,1-2H3. The molecule has 0 aliphatic heterocycles. The molecule has 6 heteroatoms. The van der Waals surface area contributed by atoms with E-state index in [-0.39, 0.29) is 5.78 Å². The smallest absolute Gasteiger partial charge is 0.176 e. The summed E-state index contributed by atoms with van der Waals surface area (Å²) in [6.07, 6.45) is 0.415. The zero-order valence-corrected chi connectivity index (χ0v) is 13.5. The normalized spacial score (nSPS) is 10.4. The molecule has 4 nitrogen and oxygen atoms in total. The van der Waals surface area contributed by atoms with E-state index in [1.807, 2.05) is 31.2 Å². The van der Waals surface area contributed by atoms with Crippen molar-refractivity contribution in [1.82, 2.24) is 0 Å². The summed E-state index contributed by atoms with van der Waals surface area (Å²) < 4.78 is 5.31. The van der Waals surface area contributed by atoms with Crippen LogP contribution in [0.5, 0.6) is 5.75 Å². The number of ether oxygens (including phenoxy) is 1. The van der Waals surface area contributed by atoms with Crippen LogP contribution >= 0.6 is 22.9 Å². The van der Waals surface area contributed by atoms with E-state index in [9.17, 15) is 4.79 Å². The average Bonchev–Trinajstić information content (AvgIpc) is 2.81. The van der Waals surface area contributed by atoms with Crippen LogP contribution in [0.4, 0.5) is 10.7 Å². The number of anilines is 2. The van der Waals surface area contributed by atoms with Crippen LogP contribution in [0.1, 0.15) is 28.6 Å². The van der Waals surface area contributed by atoms with Crippen LogP contribution in [0.3, 0.4) is 0 Å². The third kappa shape index (κ3) is 3.31. The van der Waals surface area contributed by atoms with Gasteiger partial charge in [-0.15, -0.1) is 11.3 Å². The zero-order chi connectivity index (χ0) is 15.4. The van der Waals surface area contributed by atoms with E-state index in [1.165, 1.54) is 11.3 Å². The predicted molar refractivity (Wildman–Crippen MR) is 88.7 cm³/mol. The number of hydrogen-bond donors (Lipinski definition) is 2. The molecule has 1 aromatic carbocycles. The average molecular weight is 325 g/mol. The molecule has 0 bridgehead atoms. The third-order valence-electron chi connectivity index (χ3n) is 3.08. The first-order valence-electron chi connectivity index (χ1n) is 6.55. The number of carbonyl (C=O) groups excluding carboxylic acids is 1. The molecule has 21 heavy (non-hydrogen) atoms. The third-order valence-corrected chi connectivity index (χ3v) is 4.63. The van der Waals surface area contributed by atoms with E-state index in [0.29, 0.717) is 34.3 Å². The van der Waals surface area contributed by atoms with E-state index >= 15 is 0 Å². The summed E-state index contributed by atoms with van der Waals surface area (Å²) in [6, 6.07) is 7.59. The summed E-state index contributed by atoms with van der Waals surface area (Å²) in [6.45, 7) is 2.35. The number of hydrogen-bond acceptors (Lipinski definition) is 5. The lowest BCUT2D eigenvalue weighted by atomic mass is 10.2. The van der Waals surface area contributed by atoms with Crippen molar-refractivity contribution in [1.29, 1.82) is 0 Å². The SMILES string of the molecule is CCC(=O)c1sc(NCc2ccccc2Cl)c(OC)c1N. The van der Waals surface area contributed by atoms with Crippen LogP contribution in [0.25, 0.3) is 0 Å². The van der Waals surface area contributed by atoms with Crippen LogP contribution in [-0.2, 0) is 6.54 Å². The summed E-state index contributed by atoms with van der Waals surface area (Å²) in [4.78, 5) is 12.4. The second-order valence-electron chi connectivity index (χ2n) is 4.43. The highest BCUT2D eigenvalue weighted by Crippen LogP contribution is 2.43. The van der Waals surface area contributed by atoms with Gasteiger partial charge in [-0.1, -0.05) is 36.7 Å². The molecule has 0 unspecified atom stereocenters. The van der Waals surface area contributed by atoms with Gasteiger partial charge in [0.15, 0.2) is 11.5 Å². The van der Waals surface area contributed by atoms with Crippen molar-refractivity contribution in [2.45, 2.75) is 19.9 Å². The number of carbonyl (C=O) groups is 1. The van der Waals surface area contributed by atoms with Crippen LogP contribution in [-0.4, -0.2) is 12.9 Å². The van der Waals surface area contributed by atoms with E-state index in [0.717, 1.165) is 10.6 Å². The lowest BCUT2D eigenvalue weighted by Gasteiger charge is -2.08. The molecule has 0 spiro atoms. The van der Waals surface area contributed by atoms with E-state index in [2.05, 4.69) is 5.32 Å². The van der Waals surface area contributed by atoms with Gasteiger partial charge in [0.1, 0.15) is 5.00 Å². The molecule has 0 aliphatic carbocycles. The number of benzene rings is 1. The summed E-state index contributed by atoms with van der Waals surface area (Å²) >= 11 is 7.44. The molecule has 0 aliphatic rings. The minimum atomic E-state index is 0.0154. The van der Waals surface area contributed by atoms with Gasteiger partial charge in [-0.3, -0.25) is 4.79 Å². The van der Waals surface area contributed by atoms with Crippen molar-refractivity contribution in [2.75, 3.05) is 18.2 Å². The molecule has 0 atom stereocenters. The van der Waals surface area contributed by atoms with Gasteiger partial charge in [0.05, 0.1) is 17.7 Å². The Kier molecular flexibility index (Phi) is 5.09. The molecule has 1 heterocycles. The highest BCUT2D eigenvalue weighted by atomic mass is 35.5. The van der Waals surface area contributed by atoms with Gasteiger partial charge in [0, 0.05) is 18.0 Å². The maximum absolute atomic E-state index is 11.9. The van der Waals surface area contributed by atoms with Crippen molar-refractivity contribution >= 4 is 39.4 Å². The molecule has 0 amide bonds. The van der Waals surface area contributed by atoms with Gasteiger partial charge in [0.2, 0.25) is 0 Å². The lowest BCUT2D eigenvalue weighted by molar-refractivity contribution is 0.0992. The van der Waals surface area contributed by atoms with Crippen molar-refractivity contribution in [3.8, 4) is 5.75 Å². The number of thiophene rings is 1. The lowest BCUT2D eigenvalue weighted by Crippen LogP contribution is -2.00. The Morgan fingerprint density at radius 1 is 1.43 bits per heavy atom. The summed E-state index contributed by atoms with van der Waals surface area (Å²) in [5.74, 6) is 0.533. The highest BCUT2D eigenvalue weighted by molar-refractivity contribution is 7.19. The van der Waals surface area contributed by atoms with Gasteiger partial charge in [-0.2, -0.15) is 0 Å². The number of halogens is 1. The second-order valence-corrected chi connectivity index (χ2v) is 5.86. The van der Waals surface area contributed by atoms with Gasteiger partial charge < -0.3 is 15.8 Å². The summed E-state index contributed by atoms with van der Waals surface area (Å²) in [7, 11) is 1.54. The molecule has 2 aromatic rings. The summed E-state index contributed by atoms with van der Waals surface area (Å²) in [5, 5.41) is 4.67. The first-order chi connectivity index (χ1) is 10.1. The maximum atomic E-state index is 11.9. The van der Waals surface area contributed by atoms with E-state index in [1.54, 1.807) is 7.11 Å². The van der Waals surface area contributed by atoms with E-state index < -0.39 is 0 Å². The molecule has 1 aromatic heterocycles. The zero-order valence-electron chi connectivity index (χ0n) is 11.9. The first-order valence-corrected chi connectivity index (χ1v) is 7.74. The Morgan fingerprint density at radius 3 is 2.76 bits per heavy atom. The van der Waals surface area contributed by atoms with Crippen LogP contribution in [0, 0.1) is 0 Å². The van der Waals surface area contributed by atoms with Gasteiger partial charge in [-0.25, -0.2) is 0 Å². The van der Waals surface area contributed by atoms with Gasteiger partial charge >= 0.3 is 0 Å². The van der Waals surface area contributed by atoms with Crippen LogP contribution < -0.4 is 15.8 Å². The fourth-order valence-electron chi connectivity index (χ4n) is 1.93. The molecule has 3 N–H and O–H groups in total. The van der Waals surface area contributed by atoms with Gasteiger partial charge in [-0.05, 0) is 11.6 Å². The number of nitrogens with one attached hydrogen (secondary N) is 1. The Labute approximate surface area is 132 Å². The Morgan fingerprint density at radius 2 is 2.14 bits per heavy atom. The maximum Gasteiger partial charge on any atom is 0.176 e. The molecule has 0 saturated carbocycles. The van der Waals surface area contributed by atoms with Gasteiger partial charge in [0.25, 0.3) is 0 Å². The number of nitrogens with two attached hydrogens (primary N) is 1. The quantitative estimate of drug-likeness (QED) is 0.782. The Hall–Kier alpha value is -1.72. The van der Waals surface area contributed by atoms with Crippen molar-refractivity contribution < 1.29 is 9.53 Å². The van der Waals surface area contributed by atoms with Crippen molar-refractivity contribution in [2.24, 2.45) is 0 Å². The van der Waals surface area contributed by atoms with Crippen LogP contribution in [0.15, 0.2) is 24.3 Å². The molecule has 2 rings (SSSR count). The Bertz CT molecular complexity index is 655. The molecule has 112 valence electrons. The number of rotatable bonds is 6. The largest absolute Gasteiger partial charge is 0.492 e. The fraction of sp³-hybridized carbons (Fsp3) is 0.267. The molecular weight excluding hydrogens is 308 g/mol. The number of ketones is 1. The summed E-state index contributed by atoms with van der Waals surface area (Å²) in [5.41, 5.74) is 7.36. The number of Topliss-reactive ketones (excluding diaryl/α,β-unsaturated/α-hetero) is 1. The predicted octanol–water partition coefficient (Wildman–Crippen LogP) is 4.20. The topological polar surface area (TPSA) is 64.3 Å².